The van der Waals surface area contributed by atoms with E-state index in [4.69, 9.17) is 4.74 Å². The summed E-state index contributed by atoms with van der Waals surface area (Å²) in [4.78, 5) is 24.6. The summed E-state index contributed by atoms with van der Waals surface area (Å²) in [5.74, 6) is 0.155. The van der Waals surface area contributed by atoms with E-state index in [1.54, 1.807) is 12.1 Å². The molecule has 0 saturated heterocycles. The van der Waals surface area contributed by atoms with Gasteiger partial charge < -0.3 is 15.4 Å². The summed E-state index contributed by atoms with van der Waals surface area (Å²) in [6.45, 7) is 0. The van der Waals surface area contributed by atoms with Crippen molar-refractivity contribution in [1.82, 2.24) is 5.32 Å². The summed E-state index contributed by atoms with van der Waals surface area (Å²) in [5, 5.41) is 5.86. The normalized spacial score (nSPS) is 21.4. The summed E-state index contributed by atoms with van der Waals surface area (Å²) in [5.41, 5.74) is 3.12. The zero-order chi connectivity index (χ0) is 17.2. The van der Waals surface area contributed by atoms with Crippen LogP contribution in [0.2, 0.25) is 0 Å². The molecule has 2 aromatic carbocycles. The molecule has 0 aromatic heterocycles. The molecule has 25 heavy (non-hydrogen) atoms. The fourth-order valence-electron chi connectivity index (χ4n) is 3.55. The molecule has 1 heterocycles. The van der Waals surface area contributed by atoms with Crippen LogP contribution in [0.3, 0.4) is 0 Å². The highest BCUT2D eigenvalue weighted by atomic mass is 16.5. The Hall–Kier alpha value is -2.82. The molecule has 1 aliphatic carbocycles. The van der Waals surface area contributed by atoms with Gasteiger partial charge in [0.15, 0.2) is 6.10 Å². The first-order chi connectivity index (χ1) is 12.2. The average molecular weight is 336 g/mol. The quantitative estimate of drug-likeness (QED) is 0.905. The number of amides is 2. The second-order valence-corrected chi connectivity index (χ2v) is 6.51. The van der Waals surface area contributed by atoms with Crippen LogP contribution in [0.15, 0.2) is 48.5 Å². The third-order valence-corrected chi connectivity index (χ3v) is 4.78. The third kappa shape index (κ3) is 3.22. The Balaban J connectivity index is 1.43. The predicted octanol–water partition coefficient (Wildman–Crippen LogP) is 2.97. The Kier molecular flexibility index (Phi) is 4.14. The predicted molar refractivity (Wildman–Crippen MR) is 94.4 cm³/mol. The van der Waals surface area contributed by atoms with Gasteiger partial charge in [-0.1, -0.05) is 36.4 Å². The van der Waals surface area contributed by atoms with Crippen LogP contribution in [0.1, 0.15) is 36.4 Å². The van der Waals surface area contributed by atoms with Crippen LogP contribution in [-0.2, 0) is 16.0 Å². The summed E-state index contributed by atoms with van der Waals surface area (Å²) in [7, 11) is 0. The molecule has 0 radical (unpaired) electrons. The number of carbonyl (C=O) groups excluding carboxylic acids is 2. The van der Waals surface area contributed by atoms with Crippen LogP contribution in [-0.4, -0.2) is 17.9 Å². The second-order valence-electron chi connectivity index (χ2n) is 6.51. The topological polar surface area (TPSA) is 67.4 Å². The number of aryl methyl sites for hydroxylation is 1. The van der Waals surface area contributed by atoms with E-state index in [1.807, 2.05) is 24.3 Å². The van der Waals surface area contributed by atoms with Crippen molar-refractivity contribution >= 4 is 17.5 Å². The maximum atomic E-state index is 12.5. The van der Waals surface area contributed by atoms with Gasteiger partial charge in [-0.15, -0.1) is 0 Å². The first-order valence-corrected chi connectivity index (χ1v) is 8.64. The molecule has 5 nitrogen and oxygen atoms in total. The minimum atomic E-state index is -0.797. The molecule has 0 bridgehead atoms. The van der Waals surface area contributed by atoms with E-state index >= 15 is 0 Å². The molecule has 0 saturated carbocycles. The summed E-state index contributed by atoms with van der Waals surface area (Å²) >= 11 is 0. The van der Waals surface area contributed by atoms with Crippen LogP contribution >= 0.6 is 0 Å². The summed E-state index contributed by atoms with van der Waals surface area (Å²) in [6, 6.07) is 15.5. The molecular formula is C20H20N2O3. The van der Waals surface area contributed by atoms with E-state index in [-0.39, 0.29) is 24.3 Å². The van der Waals surface area contributed by atoms with Gasteiger partial charge in [0, 0.05) is 0 Å². The van der Waals surface area contributed by atoms with Crippen molar-refractivity contribution in [1.29, 1.82) is 0 Å². The summed E-state index contributed by atoms with van der Waals surface area (Å²) in [6.07, 6.45) is 2.24. The Morgan fingerprint density at radius 3 is 2.88 bits per heavy atom. The maximum Gasteiger partial charge on any atom is 0.266 e. The molecule has 1 aliphatic heterocycles. The van der Waals surface area contributed by atoms with Crippen molar-refractivity contribution in [2.24, 2.45) is 0 Å². The van der Waals surface area contributed by atoms with Gasteiger partial charge in [-0.3, -0.25) is 9.59 Å². The second kappa shape index (κ2) is 6.59. The molecule has 2 amide bonds. The molecule has 2 aromatic rings. The number of fused-ring (bicyclic) bond motifs is 2. The molecule has 0 unspecified atom stereocenters. The summed E-state index contributed by atoms with van der Waals surface area (Å²) < 4.78 is 5.70. The number of para-hydroxylation sites is 2. The van der Waals surface area contributed by atoms with E-state index < -0.39 is 6.10 Å². The van der Waals surface area contributed by atoms with Crippen LogP contribution in [0.5, 0.6) is 5.75 Å². The number of carbonyl (C=O) groups is 2. The standard InChI is InChI=1S/C20H20N2O3/c23-19(21-15-10-5-7-13-6-1-2-8-14(13)15)12-18-20(24)22-16-9-3-4-11-17(16)25-18/h1-4,6,8-9,11,15,18H,5,7,10,12H2,(H,21,23)(H,22,24)/t15-,18+/m1/s1. The highest BCUT2D eigenvalue weighted by Crippen LogP contribution is 2.31. The van der Waals surface area contributed by atoms with Crippen molar-refractivity contribution in [3.05, 3.63) is 59.7 Å². The molecule has 0 fully saturated rings. The monoisotopic (exact) mass is 336 g/mol. The van der Waals surface area contributed by atoms with Crippen LogP contribution in [0, 0.1) is 0 Å². The number of nitrogens with one attached hydrogen (secondary N) is 2. The number of ether oxygens (including phenoxy) is 1. The SMILES string of the molecule is O=C(C[C@@H]1Oc2ccccc2NC1=O)N[C@@H]1CCCc2ccccc21. The minimum absolute atomic E-state index is 0.0105. The molecule has 4 rings (SSSR count). The van der Waals surface area contributed by atoms with Gasteiger partial charge >= 0.3 is 0 Å². The molecule has 0 spiro atoms. The Morgan fingerprint density at radius 2 is 1.96 bits per heavy atom. The fourth-order valence-corrected chi connectivity index (χ4v) is 3.55. The first-order valence-electron chi connectivity index (χ1n) is 8.64. The van der Waals surface area contributed by atoms with Gasteiger partial charge in [-0.05, 0) is 42.5 Å². The average Bonchev–Trinajstić information content (AvgIpc) is 2.63. The highest BCUT2D eigenvalue weighted by molar-refractivity contribution is 5.99. The Morgan fingerprint density at radius 1 is 1.16 bits per heavy atom. The molecule has 2 N–H and O–H groups in total. The molecule has 2 atom stereocenters. The first kappa shape index (κ1) is 15.7. The number of rotatable bonds is 3. The lowest BCUT2D eigenvalue weighted by Crippen LogP contribution is -2.42. The zero-order valence-corrected chi connectivity index (χ0v) is 13.8. The van der Waals surface area contributed by atoms with E-state index in [0.717, 1.165) is 19.3 Å². The number of hydrogen-bond donors (Lipinski definition) is 2. The Bertz CT molecular complexity index is 818. The lowest BCUT2D eigenvalue weighted by atomic mass is 9.87. The molecular weight excluding hydrogens is 316 g/mol. The van der Waals surface area contributed by atoms with Crippen molar-refractivity contribution in [3.63, 3.8) is 0 Å². The molecule has 2 aliphatic rings. The van der Waals surface area contributed by atoms with Gasteiger partial charge in [-0.25, -0.2) is 0 Å². The Labute approximate surface area is 146 Å². The lowest BCUT2D eigenvalue weighted by molar-refractivity contribution is -0.131. The van der Waals surface area contributed by atoms with Crippen molar-refractivity contribution in [3.8, 4) is 5.75 Å². The van der Waals surface area contributed by atoms with Crippen LogP contribution in [0.25, 0.3) is 0 Å². The van der Waals surface area contributed by atoms with E-state index in [0.29, 0.717) is 11.4 Å². The van der Waals surface area contributed by atoms with Gasteiger partial charge in [0.2, 0.25) is 5.91 Å². The van der Waals surface area contributed by atoms with Crippen molar-refractivity contribution in [2.45, 2.75) is 37.8 Å². The van der Waals surface area contributed by atoms with Crippen LogP contribution in [0.4, 0.5) is 5.69 Å². The minimum Gasteiger partial charge on any atom is -0.478 e. The van der Waals surface area contributed by atoms with Gasteiger partial charge in [0.05, 0.1) is 18.2 Å². The molecule has 5 heteroatoms. The van der Waals surface area contributed by atoms with Gasteiger partial charge in [0.25, 0.3) is 5.91 Å². The number of hydrogen-bond acceptors (Lipinski definition) is 3. The third-order valence-electron chi connectivity index (χ3n) is 4.78. The lowest BCUT2D eigenvalue weighted by Gasteiger charge is -2.28. The number of anilines is 1. The maximum absolute atomic E-state index is 12.5. The fraction of sp³-hybridized carbons (Fsp3) is 0.300. The van der Waals surface area contributed by atoms with Crippen LogP contribution < -0.4 is 15.4 Å². The smallest absolute Gasteiger partial charge is 0.266 e. The number of benzene rings is 2. The van der Waals surface area contributed by atoms with E-state index in [2.05, 4.69) is 22.8 Å². The van der Waals surface area contributed by atoms with E-state index in [1.165, 1.54) is 11.1 Å². The largest absolute Gasteiger partial charge is 0.478 e. The van der Waals surface area contributed by atoms with Crippen molar-refractivity contribution < 1.29 is 14.3 Å². The highest BCUT2D eigenvalue weighted by Gasteiger charge is 2.30. The zero-order valence-electron chi connectivity index (χ0n) is 13.8. The van der Waals surface area contributed by atoms with Gasteiger partial charge in [0.1, 0.15) is 5.75 Å². The van der Waals surface area contributed by atoms with E-state index in [9.17, 15) is 9.59 Å². The molecule has 128 valence electrons. The van der Waals surface area contributed by atoms with Crippen molar-refractivity contribution in [2.75, 3.05) is 5.32 Å². The van der Waals surface area contributed by atoms with Gasteiger partial charge in [-0.2, -0.15) is 0 Å².